The fourth-order valence-corrected chi connectivity index (χ4v) is 0.344. The van der Waals surface area contributed by atoms with Crippen LogP contribution in [-0.4, -0.2) is 24.6 Å². The van der Waals surface area contributed by atoms with Crippen LogP contribution in [-0.2, 0) is 4.57 Å². The summed E-state index contributed by atoms with van der Waals surface area (Å²) in [6.07, 6.45) is 3.53. The number of imidazole rings is 1. The summed E-state index contributed by atoms with van der Waals surface area (Å²) in [5.41, 5.74) is 0. The topological polar surface area (TPSA) is 106 Å². The van der Waals surface area contributed by atoms with E-state index in [1.54, 1.807) is 12.4 Å². The van der Waals surface area contributed by atoms with E-state index in [-0.39, 0.29) is 0 Å². The van der Waals surface area contributed by atoms with Crippen LogP contribution in [0.1, 0.15) is 5.82 Å². The molecule has 6 nitrogen and oxygen atoms in total. The Morgan fingerprint density at radius 3 is 2.09 bits per heavy atom. The molecule has 1 rings (SSSR count). The monoisotopic (exact) mass is 180 g/mol. The van der Waals surface area contributed by atoms with Crippen molar-refractivity contribution in [3.05, 3.63) is 18.2 Å². The first kappa shape index (κ1) is 10.3. The highest BCUT2D eigenvalue weighted by Crippen LogP contribution is 2.25. The summed E-state index contributed by atoms with van der Waals surface area (Å²) in [6.45, 7) is 1.92. The summed E-state index contributed by atoms with van der Waals surface area (Å²) in [7, 11) is -4.64. The molecule has 0 aliphatic carbocycles. The third kappa shape index (κ3) is 12.5. The lowest BCUT2D eigenvalue weighted by atomic mass is 10.8. The lowest BCUT2D eigenvalue weighted by molar-refractivity contribution is 0.275. The van der Waals surface area contributed by atoms with E-state index in [1.807, 2.05) is 6.92 Å². The van der Waals surface area contributed by atoms with Gasteiger partial charge in [0.1, 0.15) is 5.82 Å². The lowest BCUT2D eigenvalue weighted by Gasteiger charge is -1.82. The predicted molar refractivity (Wildman–Crippen MR) is 37.6 cm³/mol. The lowest BCUT2D eigenvalue weighted by Crippen LogP contribution is -1.66. The van der Waals surface area contributed by atoms with Crippen molar-refractivity contribution in [2.45, 2.75) is 6.92 Å². The number of nitrogens with one attached hydrogen (secondary N) is 1. The van der Waals surface area contributed by atoms with Gasteiger partial charge in [-0.15, -0.1) is 0 Å². The van der Waals surface area contributed by atoms with Crippen molar-refractivity contribution in [2.24, 2.45) is 0 Å². The number of phosphoric acid groups is 1. The number of aromatic nitrogens is 2. The summed E-state index contributed by atoms with van der Waals surface area (Å²) in [5.74, 6) is 0.968. The third-order valence-electron chi connectivity index (χ3n) is 0.635. The molecule has 0 bridgehead atoms. The molecule has 0 aliphatic heterocycles. The molecule has 7 heteroatoms. The molecule has 0 atom stereocenters. The van der Waals surface area contributed by atoms with Gasteiger partial charge in [0.15, 0.2) is 0 Å². The van der Waals surface area contributed by atoms with Gasteiger partial charge in [-0.3, -0.25) is 0 Å². The van der Waals surface area contributed by atoms with E-state index in [2.05, 4.69) is 9.97 Å². The highest BCUT2D eigenvalue weighted by Gasteiger charge is 2.00. The fourth-order valence-electron chi connectivity index (χ4n) is 0.344. The van der Waals surface area contributed by atoms with E-state index in [4.69, 9.17) is 19.2 Å². The van der Waals surface area contributed by atoms with Gasteiger partial charge in [0, 0.05) is 12.4 Å². The van der Waals surface area contributed by atoms with Crippen LogP contribution in [0.4, 0.5) is 0 Å². The smallest absolute Gasteiger partial charge is 0.349 e. The minimum Gasteiger partial charge on any atom is -0.349 e. The molecule has 0 saturated heterocycles. The molecule has 1 heterocycles. The van der Waals surface area contributed by atoms with E-state index in [9.17, 15) is 0 Å². The maximum Gasteiger partial charge on any atom is 0.466 e. The van der Waals surface area contributed by atoms with Gasteiger partial charge in [-0.05, 0) is 6.92 Å². The Bertz CT molecular complexity index is 220. The Morgan fingerprint density at radius 2 is 2.00 bits per heavy atom. The van der Waals surface area contributed by atoms with Crippen LogP contribution < -0.4 is 0 Å². The molecule has 0 unspecified atom stereocenters. The number of aryl methyl sites for hydroxylation is 1. The van der Waals surface area contributed by atoms with Crippen molar-refractivity contribution < 1.29 is 19.2 Å². The third-order valence-corrected chi connectivity index (χ3v) is 0.635. The van der Waals surface area contributed by atoms with Gasteiger partial charge in [0.2, 0.25) is 0 Å². The van der Waals surface area contributed by atoms with Gasteiger partial charge in [-0.25, -0.2) is 9.55 Å². The van der Waals surface area contributed by atoms with E-state index in [0.717, 1.165) is 5.82 Å². The minimum atomic E-state index is -4.64. The zero-order valence-corrected chi connectivity index (χ0v) is 6.69. The predicted octanol–water partition coefficient (Wildman–Crippen LogP) is -0.210. The Kier molecular flexibility index (Phi) is 3.99. The maximum absolute atomic E-state index is 8.88. The molecule has 0 amide bonds. The quantitative estimate of drug-likeness (QED) is 0.413. The van der Waals surface area contributed by atoms with Crippen molar-refractivity contribution in [2.75, 3.05) is 0 Å². The Labute approximate surface area is 63.2 Å². The molecule has 4 N–H and O–H groups in total. The van der Waals surface area contributed by atoms with Gasteiger partial charge >= 0.3 is 7.82 Å². The van der Waals surface area contributed by atoms with E-state index < -0.39 is 7.82 Å². The van der Waals surface area contributed by atoms with Crippen LogP contribution in [0.3, 0.4) is 0 Å². The van der Waals surface area contributed by atoms with Gasteiger partial charge in [-0.2, -0.15) is 0 Å². The first-order valence-electron chi connectivity index (χ1n) is 2.64. The first-order valence-corrected chi connectivity index (χ1v) is 4.20. The SMILES string of the molecule is Cc1ncc[nH]1.O=P(O)(O)O. The molecule has 1 aromatic heterocycles. The van der Waals surface area contributed by atoms with Crippen molar-refractivity contribution in [1.82, 2.24) is 9.97 Å². The molecule has 0 radical (unpaired) electrons. The number of nitrogens with zero attached hydrogens (tertiary/aromatic N) is 1. The molecule has 64 valence electrons. The van der Waals surface area contributed by atoms with Gasteiger partial charge in [0.05, 0.1) is 0 Å². The zero-order chi connectivity index (χ0) is 8.91. The number of aromatic amines is 1. The highest BCUT2D eigenvalue weighted by atomic mass is 31.2. The van der Waals surface area contributed by atoms with Crippen LogP contribution in [0.25, 0.3) is 0 Å². The van der Waals surface area contributed by atoms with Crippen molar-refractivity contribution in [3.8, 4) is 0 Å². The van der Waals surface area contributed by atoms with E-state index in [1.165, 1.54) is 0 Å². The van der Waals surface area contributed by atoms with Crippen molar-refractivity contribution in [1.29, 1.82) is 0 Å². The second kappa shape index (κ2) is 4.25. The number of hydrogen-bond acceptors (Lipinski definition) is 2. The summed E-state index contributed by atoms with van der Waals surface area (Å²) in [5, 5.41) is 0. The van der Waals surface area contributed by atoms with Crippen LogP contribution >= 0.6 is 7.82 Å². The van der Waals surface area contributed by atoms with Crippen molar-refractivity contribution in [3.63, 3.8) is 0 Å². The zero-order valence-electron chi connectivity index (χ0n) is 5.80. The fraction of sp³-hybridized carbons (Fsp3) is 0.250. The van der Waals surface area contributed by atoms with Crippen LogP contribution in [0.5, 0.6) is 0 Å². The maximum atomic E-state index is 8.88. The molecular weight excluding hydrogens is 171 g/mol. The van der Waals surface area contributed by atoms with E-state index in [0.29, 0.717) is 0 Å². The van der Waals surface area contributed by atoms with Crippen LogP contribution in [0, 0.1) is 6.92 Å². The molecular formula is C4H9N2O4P. The second-order valence-electron chi connectivity index (χ2n) is 1.69. The van der Waals surface area contributed by atoms with Gasteiger partial charge < -0.3 is 19.7 Å². The summed E-state index contributed by atoms with van der Waals surface area (Å²) >= 11 is 0. The standard InChI is InChI=1S/C4H6N2.H3O4P/c1-4-5-2-3-6-4;1-5(2,3)4/h2-3H,1H3,(H,5,6);(H3,1,2,3,4). The number of H-pyrrole nitrogens is 1. The minimum absolute atomic E-state index is 0.968. The molecule has 11 heavy (non-hydrogen) atoms. The normalized spacial score (nSPS) is 10.2. The second-order valence-corrected chi connectivity index (χ2v) is 2.71. The number of hydrogen-bond donors (Lipinski definition) is 4. The largest absolute Gasteiger partial charge is 0.466 e. The molecule has 0 aromatic carbocycles. The summed E-state index contributed by atoms with van der Waals surface area (Å²) < 4.78 is 8.88. The first-order chi connectivity index (χ1) is 4.89. The summed E-state index contributed by atoms with van der Waals surface area (Å²) in [6, 6.07) is 0. The highest BCUT2D eigenvalue weighted by molar-refractivity contribution is 7.45. The Balaban J connectivity index is 0.000000187. The van der Waals surface area contributed by atoms with E-state index >= 15 is 0 Å². The molecule has 1 aromatic rings. The van der Waals surface area contributed by atoms with Gasteiger partial charge in [-0.1, -0.05) is 0 Å². The Morgan fingerprint density at radius 1 is 1.55 bits per heavy atom. The average Bonchev–Trinajstić information content (AvgIpc) is 2.12. The molecule has 0 spiro atoms. The number of rotatable bonds is 0. The molecule has 0 saturated carbocycles. The average molecular weight is 180 g/mol. The molecule has 0 aliphatic rings. The van der Waals surface area contributed by atoms with Crippen LogP contribution in [0.15, 0.2) is 12.4 Å². The summed E-state index contributed by atoms with van der Waals surface area (Å²) in [4.78, 5) is 28.3. The molecule has 0 fully saturated rings. The Hall–Kier alpha value is -0.680. The van der Waals surface area contributed by atoms with Gasteiger partial charge in [0.25, 0.3) is 0 Å². The van der Waals surface area contributed by atoms with Crippen LogP contribution in [0.2, 0.25) is 0 Å². The van der Waals surface area contributed by atoms with Crippen molar-refractivity contribution >= 4 is 7.82 Å².